The SMILES string of the molecule is NC(=O)c1nsc(C(=O)N(c2cccc(F)c2)C(C(=O)NC2CCCCC2)c2ccc3ncccc3c2)c1N. The van der Waals surface area contributed by atoms with E-state index in [1.54, 1.807) is 30.5 Å². The van der Waals surface area contributed by atoms with Crippen molar-refractivity contribution in [2.45, 2.75) is 44.2 Å². The fraction of sp³-hybridized carbons (Fsp3) is 0.250. The number of nitrogens with zero attached hydrogens (tertiary/aromatic N) is 3. The van der Waals surface area contributed by atoms with Gasteiger partial charge in [-0.1, -0.05) is 37.5 Å². The Hall–Kier alpha value is -4.38. The van der Waals surface area contributed by atoms with E-state index in [0.29, 0.717) is 22.6 Å². The topological polar surface area (TPSA) is 144 Å². The number of aromatic nitrogens is 2. The average Bonchev–Trinajstić information content (AvgIpc) is 3.33. The molecule has 4 aromatic rings. The molecule has 9 nitrogen and oxygen atoms in total. The van der Waals surface area contributed by atoms with Crippen molar-refractivity contribution in [3.63, 3.8) is 0 Å². The minimum atomic E-state index is -1.19. The van der Waals surface area contributed by atoms with Crippen molar-refractivity contribution in [1.82, 2.24) is 14.7 Å². The molecule has 1 aliphatic rings. The number of nitrogens with two attached hydrogens (primary N) is 2. The maximum atomic E-state index is 14.5. The fourth-order valence-electron chi connectivity index (χ4n) is 4.96. The molecule has 0 bridgehead atoms. The summed E-state index contributed by atoms with van der Waals surface area (Å²) in [7, 11) is 0. The molecule has 1 fully saturated rings. The van der Waals surface area contributed by atoms with E-state index < -0.39 is 29.6 Å². The number of fused-ring (bicyclic) bond motifs is 1. The van der Waals surface area contributed by atoms with E-state index in [0.717, 1.165) is 37.5 Å². The number of halogens is 1. The third-order valence-electron chi connectivity index (χ3n) is 6.86. The molecule has 0 aliphatic heterocycles. The summed E-state index contributed by atoms with van der Waals surface area (Å²) in [5.74, 6) is -2.59. The summed E-state index contributed by atoms with van der Waals surface area (Å²) in [5, 5.41) is 3.88. The lowest BCUT2D eigenvalue weighted by Gasteiger charge is -2.33. The standard InChI is InChI=1S/C28H27FN6O3S/c29-18-7-4-10-20(15-18)35(28(38)25-22(30)23(26(31)36)34-39-25)24(27(37)33-19-8-2-1-3-9-19)17-11-12-21-16(14-17)6-5-13-32-21/h4-7,10-15,19,24H,1-3,8-9,30H2,(H2,31,36)(H,33,37). The van der Waals surface area contributed by atoms with Gasteiger partial charge in [-0.3, -0.25) is 24.3 Å². The van der Waals surface area contributed by atoms with Crippen LogP contribution in [0.3, 0.4) is 0 Å². The molecule has 2 aromatic carbocycles. The molecule has 2 heterocycles. The lowest BCUT2D eigenvalue weighted by atomic mass is 9.94. The normalized spacial score (nSPS) is 14.6. The van der Waals surface area contributed by atoms with Gasteiger partial charge < -0.3 is 16.8 Å². The first-order valence-electron chi connectivity index (χ1n) is 12.6. The molecular weight excluding hydrogens is 519 g/mol. The van der Waals surface area contributed by atoms with Gasteiger partial charge in [-0.2, -0.15) is 4.37 Å². The molecule has 0 saturated heterocycles. The number of primary amides is 1. The second kappa shape index (κ2) is 11.2. The van der Waals surface area contributed by atoms with Crippen LogP contribution in [0.4, 0.5) is 15.8 Å². The number of nitrogens with one attached hydrogen (secondary N) is 1. The number of hydrogen-bond donors (Lipinski definition) is 3. The molecule has 200 valence electrons. The quantitative estimate of drug-likeness (QED) is 0.314. The highest BCUT2D eigenvalue weighted by molar-refractivity contribution is 7.09. The van der Waals surface area contributed by atoms with Crippen molar-refractivity contribution in [3.8, 4) is 0 Å². The van der Waals surface area contributed by atoms with Crippen LogP contribution in [-0.4, -0.2) is 33.1 Å². The lowest BCUT2D eigenvalue weighted by molar-refractivity contribution is -0.123. The first-order valence-corrected chi connectivity index (χ1v) is 13.4. The van der Waals surface area contributed by atoms with Gasteiger partial charge in [0.15, 0.2) is 5.69 Å². The van der Waals surface area contributed by atoms with Gasteiger partial charge in [-0.15, -0.1) is 0 Å². The molecule has 3 amide bonds. The summed E-state index contributed by atoms with van der Waals surface area (Å²) in [5.41, 5.74) is 12.4. The highest BCUT2D eigenvalue weighted by Gasteiger charge is 2.37. The number of carbonyl (C=O) groups is 3. The van der Waals surface area contributed by atoms with E-state index in [9.17, 15) is 18.8 Å². The second-order valence-corrected chi connectivity index (χ2v) is 10.3. The zero-order chi connectivity index (χ0) is 27.5. The summed E-state index contributed by atoms with van der Waals surface area (Å²) < 4.78 is 18.4. The molecule has 1 atom stereocenters. The lowest BCUT2D eigenvalue weighted by Crippen LogP contribution is -2.47. The average molecular weight is 547 g/mol. The van der Waals surface area contributed by atoms with Crippen LogP contribution in [-0.2, 0) is 4.79 Å². The number of pyridine rings is 1. The summed E-state index contributed by atoms with van der Waals surface area (Å²) in [6.07, 6.45) is 6.43. The van der Waals surface area contributed by atoms with E-state index in [-0.39, 0.29) is 28.0 Å². The van der Waals surface area contributed by atoms with Crippen molar-refractivity contribution in [3.05, 3.63) is 82.7 Å². The summed E-state index contributed by atoms with van der Waals surface area (Å²) >= 11 is 0.700. The predicted molar refractivity (Wildman–Crippen MR) is 148 cm³/mol. The molecule has 0 spiro atoms. The van der Waals surface area contributed by atoms with Crippen LogP contribution in [0.15, 0.2) is 60.8 Å². The Morgan fingerprint density at radius 1 is 1.05 bits per heavy atom. The minimum absolute atomic E-state index is 0.0460. The molecule has 2 aromatic heterocycles. The fourth-order valence-corrected chi connectivity index (χ4v) is 5.70. The zero-order valence-electron chi connectivity index (χ0n) is 21.0. The van der Waals surface area contributed by atoms with Crippen molar-refractivity contribution in [2.75, 3.05) is 10.6 Å². The number of carbonyl (C=O) groups excluding carboxylic acids is 3. The molecule has 0 radical (unpaired) electrons. The highest BCUT2D eigenvalue weighted by Crippen LogP contribution is 2.34. The smallest absolute Gasteiger partial charge is 0.273 e. The Morgan fingerprint density at radius 3 is 2.56 bits per heavy atom. The van der Waals surface area contributed by atoms with Gasteiger partial charge in [-0.05, 0) is 66.3 Å². The molecule has 1 unspecified atom stereocenters. The maximum absolute atomic E-state index is 14.5. The molecule has 11 heteroatoms. The van der Waals surface area contributed by atoms with Crippen LogP contribution in [0.25, 0.3) is 10.9 Å². The highest BCUT2D eigenvalue weighted by atomic mass is 32.1. The van der Waals surface area contributed by atoms with E-state index in [4.69, 9.17) is 11.5 Å². The van der Waals surface area contributed by atoms with Gasteiger partial charge in [0, 0.05) is 23.3 Å². The molecule has 5 N–H and O–H groups in total. The Balaban J connectivity index is 1.67. The van der Waals surface area contributed by atoms with Gasteiger partial charge in [0.05, 0.1) is 11.2 Å². The maximum Gasteiger partial charge on any atom is 0.273 e. The summed E-state index contributed by atoms with van der Waals surface area (Å²) in [6.45, 7) is 0. The Bertz CT molecular complexity index is 1550. The molecule has 1 saturated carbocycles. The number of nitrogen functional groups attached to an aromatic ring is 1. The van der Waals surface area contributed by atoms with Crippen LogP contribution in [0.2, 0.25) is 0 Å². The van der Waals surface area contributed by atoms with Crippen molar-refractivity contribution in [2.24, 2.45) is 5.73 Å². The molecule has 39 heavy (non-hydrogen) atoms. The van der Waals surface area contributed by atoms with Gasteiger partial charge >= 0.3 is 0 Å². The van der Waals surface area contributed by atoms with Crippen LogP contribution in [0, 0.1) is 5.82 Å². The number of anilines is 2. The van der Waals surface area contributed by atoms with E-state index in [1.807, 2.05) is 6.07 Å². The van der Waals surface area contributed by atoms with Crippen LogP contribution in [0.1, 0.15) is 63.9 Å². The monoisotopic (exact) mass is 546 g/mol. The number of amides is 3. The first kappa shape index (κ1) is 26.2. The third kappa shape index (κ3) is 5.44. The van der Waals surface area contributed by atoms with Crippen LogP contribution in [0.5, 0.6) is 0 Å². The van der Waals surface area contributed by atoms with Crippen molar-refractivity contribution < 1.29 is 18.8 Å². The third-order valence-corrected chi connectivity index (χ3v) is 7.71. The number of hydrogen-bond acceptors (Lipinski definition) is 7. The van der Waals surface area contributed by atoms with Gasteiger partial charge in [0.1, 0.15) is 16.7 Å². The zero-order valence-corrected chi connectivity index (χ0v) is 21.8. The Morgan fingerprint density at radius 2 is 1.85 bits per heavy atom. The van der Waals surface area contributed by atoms with E-state index >= 15 is 0 Å². The molecular formula is C28H27FN6O3S. The largest absolute Gasteiger partial charge is 0.395 e. The molecule has 1 aliphatic carbocycles. The van der Waals surface area contributed by atoms with E-state index in [2.05, 4.69) is 14.7 Å². The van der Waals surface area contributed by atoms with Crippen LogP contribution >= 0.6 is 11.5 Å². The van der Waals surface area contributed by atoms with E-state index in [1.165, 1.54) is 29.2 Å². The number of benzene rings is 2. The summed E-state index contributed by atoms with van der Waals surface area (Å²) in [6, 6.07) is 13.1. The van der Waals surface area contributed by atoms with Crippen molar-refractivity contribution >= 4 is 51.5 Å². The Labute approximate surface area is 228 Å². The minimum Gasteiger partial charge on any atom is -0.395 e. The van der Waals surface area contributed by atoms with Gasteiger partial charge in [0.2, 0.25) is 5.91 Å². The summed E-state index contributed by atoms with van der Waals surface area (Å²) in [4.78, 5) is 45.5. The van der Waals surface area contributed by atoms with Gasteiger partial charge in [-0.25, -0.2) is 4.39 Å². The van der Waals surface area contributed by atoms with Gasteiger partial charge in [0.25, 0.3) is 11.8 Å². The van der Waals surface area contributed by atoms with Crippen LogP contribution < -0.4 is 21.7 Å². The number of rotatable bonds is 7. The predicted octanol–water partition coefficient (Wildman–Crippen LogP) is 4.35. The van der Waals surface area contributed by atoms with Crippen molar-refractivity contribution in [1.29, 1.82) is 0 Å². The Kier molecular flexibility index (Phi) is 7.51. The first-order chi connectivity index (χ1) is 18.8. The second-order valence-electron chi connectivity index (χ2n) is 9.49. The molecule has 5 rings (SSSR count).